The van der Waals surface area contributed by atoms with Gasteiger partial charge in [0, 0.05) is 76.4 Å². The summed E-state index contributed by atoms with van der Waals surface area (Å²) < 4.78 is 51.7. The van der Waals surface area contributed by atoms with Gasteiger partial charge in [0.25, 0.3) is 5.91 Å². The Labute approximate surface area is 543 Å². The van der Waals surface area contributed by atoms with E-state index in [0.29, 0.717) is 41.5 Å². The number of nitrogens with zero attached hydrogens (tertiary/aromatic N) is 3. The molecule has 0 bridgehead atoms. The van der Waals surface area contributed by atoms with Gasteiger partial charge >= 0.3 is 35.8 Å². The number of aliphatic hydroxyl groups excluding tert-OH is 1. The van der Waals surface area contributed by atoms with Gasteiger partial charge in [-0.05, 0) is 54.9 Å². The van der Waals surface area contributed by atoms with Crippen LogP contribution in [0.25, 0.3) is 10.1 Å². The summed E-state index contributed by atoms with van der Waals surface area (Å²) in [5.41, 5.74) is 1.46. The first-order valence-corrected chi connectivity index (χ1v) is 32.0. The number of carbonyl (C=O) groups excluding carboxylic acids is 10. The lowest BCUT2D eigenvalue weighted by Gasteiger charge is -2.44. The molecule has 14 atom stereocenters. The van der Waals surface area contributed by atoms with E-state index in [2.05, 4.69) is 10.6 Å². The van der Waals surface area contributed by atoms with Crippen LogP contribution in [-0.4, -0.2) is 208 Å². The Balaban J connectivity index is 1.41. The zero-order valence-electron chi connectivity index (χ0n) is 56.2. The van der Waals surface area contributed by atoms with Gasteiger partial charge in [-0.15, -0.1) is 11.3 Å². The van der Waals surface area contributed by atoms with Crippen molar-refractivity contribution < 1.29 is 100 Å². The average molecular weight is 1310 g/mol. The van der Waals surface area contributed by atoms with Crippen LogP contribution in [0.3, 0.4) is 0 Å². The van der Waals surface area contributed by atoms with Crippen LogP contribution >= 0.6 is 11.3 Å². The molecule has 3 heterocycles. The number of ether oxygens (including phenoxy) is 9. The first-order chi connectivity index (χ1) is 43.3. The Bertz CT molecular complexity index is 3060. The lowest BCUT2D eigenvalue weighted by molar-refractivity contribution is -0.922. The molecule has 2 fully saturated rings. The molecule has 0 aliphatic carbocycles. The van der Waals surface area contributed by atoms with Gasteiger partial charge in [0.2, 0.25) is 30.1 Å². The third kappa shape index (κ3) is 19.4. The molecule has 4 amide bonds. The number of hydrogen-bond donors (Lipinski definition) is 3. The highest BCUT2D eigenvalue weighted by molar-refractivity contribution is 7.21. The Morgan fingerprint density at radius 1 is 0.793 bits per heavy atom. The normalized spacial score (nSPS) is 20.9. The highest BCUT2D eigenvalue weighted by Crippen LogP contribution is 2.40. The van der Waals surface area contributed by atoms with Crippen molar-refractivity contribution in [3.63, 3.8) is 0 Å². The SMILES string of the molecule is CCCC(C)[C@@H]([C@@H](CC(=O)N1CCC[C@H]1[C@H](O)[C@@H](C)C(=O)NC(Cc1ccccc1)C(=O)OC)OC)N(C)C(=O)[C@@H](NC(=O)[C@H](C(C)C)[N+](C)(C)Cc1ccc(O[C@@H]2O[C@H](COC(C)=O)[C@H](OC(C)=O)[C@H](OC(C)=O)[C@H]2OC(C)=O)c2cc(C(=O)OC)sc12)C(C)C. The maximum atomic E-state index is 15.2. The Morgan fingerprint density at radius 3 is 1.99 bits per heavy atom. The fourth-order valence-electron chi connectivity index (χ4n) is 12.8. The number of likely N-dealkylation sites (N-methyl/N-ethyl adjacent to an activating group) is 2. The molecule has 26 heteroatoms. The summed E-state index contributed by atoms with van der Waals surface area (Å²) in [6.45, 7) is 17.5. The van der Waals surface area contributed by atoms with Crippen LogP contribution in [0.4, 0.5) is 0 Å². The number of thiophene rings is 1. The van der Waals surface area contributed by atoms with Gasteiger partial charge in [-0.2, -0.15) is 0 Å². The number of aliphatic hydroxyl groups is 1. The summed E-state index contributed by atoms with van der Waals surface area (Å²) >= 11 is 1.09. The summed E-state index contributed by atoms with van der Waals surface area (Å²) in [5, 5.41) is 18.0. The maximum Gasteiger partial charge on any atom is 0.348 e. The molecule has 510 valence electrons. The number of nitrogens with one attached hydrogen (secondary N) is 2. The van der Waals surface area contributed by atoms with E-state index in [1.165, 1.54) is 21.3 Å². The topological polar surface area (TPSA) is 305 Å². The molecule has 0 saturated carbocycles. The molecule has 0 radical (unpaired) electrons. The number of fused-ring (bicyclic) bond motifs is 1. The Hall–Kier alpha value is -7.26. The fraction of sp³-hybridized carbons (Fsp3) is 0.636. The van der Waals surface area contributed by atoms with Crippen LogP contribution in [0.2, 0.25) is 0 Å². The summed E-state index contributed by atoms with van der Waals surface area (Å²) in [7, 11) is 9.35. The molecule has 25 nitrogen and oxygen atoms in total. The summed E-state index contributed by atoms with van der Waals surface area (Å²) in [6.07, 6.45) is -7.16. The highest BCUT2D eigenvalue weighted by Gasteiger charge is 2.54. The van der Waals surface area contributed by atoms with E-state index in [1.807, 2.05) is 86.0 Å². The summed E-state index contributed by atoms with van der Waals surface area (Å²) in [5.74, 6) is -8.07. The third-order valence-corrected chi connectivity index (χ3v) is 18.2. The molecule has 2 aliphatic rings. The number of quaternary nitrogens is 1. The predicted molar refractivity (Wildman–Crippen MR) is 337 cm³/mol. The molecule has 5 rings (SSSR count). The van der Waals surface area contributed by atoms with Gasteiger partial charge in [-0.25, -0.2) is 9.59 Å². The van der Waals surface area contributed by atoms with Crippen LogP contribution in [0.15, 0.2) is 48.5 Å². The number of amides is 4. The summed E-state index contributed by atoms with van der Waals surface area (Å²) in [4.78, 5) is 138. The van der Waals surface area contributed by atoms with E-state index in [1.54, 1.807) is 42.0 Å². The lowest BCUT2D eigenvalue weighted by Crippen LogP contribution is -2.63. The van der Waals surface area contributed by atoms with Gasteiger partial charge in [0.1, 0.15) is 42.0 Å². The van der Waals surface area contributed by atoms with E-state index < -0.39 is 145 Å². The Morgan fingerprint density at radius 2 is 1.42 bits per heavy atom. The van der Waals surface area contributed by atoms with E-state index in [4.69, 9.17) is 42.6 Å². The fourth-order valence-corrected chi connectivity index (χ4v) is 13.9. The van der Waals surface area contributed by atoms with Crippen molar-refractivity contribution in [2.24, 2.45) is 23.7 Å². The van der Waals surface area contributed by atoms with Gasteiger partial charge in [-0.1, -0.05) is 85.2 Å². The molecular weight excluding hydrogens is 1210 g/mol. The molecule has 1 aromatic heterocycles. The number of hydrogen-bond acceptors (Lipinski definition) is 21. The van der Waals surface area contributed by atoms with Crippen LogP contribution in [-0.2, 0) is 94.0 Å². The van der Waals surface area contributed by atoms with E-state index in [0.717, 1.165) is 51.0 Å². The maximum absolute atomic E-state index is 15.2. The van der Waals surface area contributed by atoms with Crippen molar-refractivity contribution in [2.45, 2.75) is 194 Å². The molecule has 2 saturated heterocycles. The van der Waals surface area contributed by atoms with Gasteiger partial charge in [-0.3, -0.25) is 38.4 Å². The molecule has 2 aliphatic heterocycles. The van der Waals surface area contributed by atoms with Gasteiger partial charge in [0.05, 0.1) is 64.9 Å². The molecule has 3 N–H and O–H groups in total. The molecule has 2 unspecified atom stereocenters. The number of carbonyl (C=O) groups is 10. The van der Waals surface area contributed by atoms with E-state index in [-0.39, 0.29) is 52.2 Å². The number of benzene rings is 2. The monoisotopic (exact) mass is 1310 g/mol. The lowest BCUT2D eigenvalue weighted by atomic mass is 9.88. The van der Waals surface area contributed by atoms with Crippen molar-refractivity contribution in [2.75, 3.05) is 55.6 Å². The highest BCUT2D eigenvalue weighted by atomic mass is 32.1. The second-order valence-corrected chi connectivity index (χ2v) is 26.2. The zero-order chi connectivity index (χ0) is 68.6. The molecule has 0 spiro atoms. The third-order valence-electron chi connectivity index (χ3n) is 17.0. The number of methoxy groups -OCH3 is 3. The van der Waals surface area contributed by atoms with E-state index in [9.17, 15) is 43.5 Å². The first-order valence-electron chi connectivity index (χ1n) is 31.2. The Kier molecular flexibility index (Phi) is 27.9. The number of likely N-dealkylation sites (tertiary alicyclic amines) is 1. The zero-order valence-corrected chi connectivity index (χ0v) is 57.0. The van der Waals surface area contributed by atoms with Crippen LogP contribution in [0, 0.1) is 23.7 Å². The minimum Gasteiger partial charge on any atom is -0.467 e. The molecule has 92 heavy (non-hydrogen) atoms. The summed E-state index contributed by atoms with van der Waals surface area (Å²) in [6, 6.07) is 9.77. The molecular formula is C66H96N5O20S+. The largest absolute Gasteiger partial charge is 0.467 e. The number of esters is 6. The van der Waals surface area contributed by atoms with Gasteiger partial charge in [0.15, 0.2) is 18.2 Å². The second kappa shape index (κ2) is 34.1. The van der Waals surface area contributed by atoms with E-state index >= 15 is 9.59 Å². The first kappa shape index (κ1) is 75.5. The van der Waals surface area contributed by atoms with Crippen molar-refractivity contribution in [3.8, 4) is 5.75 Å². The molecule has 3 aromatic rings. The minimum absolute atomic E-state index is 0.0285. The molecule has 2 aromatic carbocycles. The second-order valence-electron chi connectivity index (χ2n) is 25.1. The quantitative estimate of drug-likeness (QED) is 0.0410. The van der Waals surface area contributed by atoms with Crippen LogP contribution in [0.1, 0.15) is 129 Å². The standard InChI is InChI=1S/C66H95N5O20S/c1-18-23-37(6)54(49(83-15)32-52(76)70-29-22-26-47(70)56(77)38(7)61(78)67-46(64(81)84-16)30-43-24-20-19-21-25-43)69(12)63(80)53(35(2)3)68-62(79)55(36(4)5)71(13,14)33-44-27-28-48(45-31-51(65(82)85-17)92-60(44)45)90-66-59(89-42(11)75)58(88-41(10)74)57(87-40(9)73)50(91-66)34-86-39(8)72/h19-21,24-25,27-28,31,35-38,46-47,49-50,53-59,66,77H,18,22-23,26,29-30,32-34H2,1-17H3,(H-,67,68,78,79)/p+1/t37?,38-,46?,47+,49-,50-,53+,54+,55+,56-,57+,58+,59-,66-/m1/s1. The van der Waals surface area contributed by atoms with Crippen molar-refractivity contribution in [1.29, 1.82) is 0 Å². The van der Waals surface area contributed by atoms with Gasteiger partial charge < -0.3 is 72.7 Å². The van der Waals surface area contributed by atoms with Crippen molar-refractivity contribution in [1.82, 2.24) is 20.4 Å². The number of rotatable bonds is 31. The average Bonchev–Trinajstić information content (AvgIpc) is 1.44. The van der Waals surface area contributed by atoms with Crippen molar-refractivity contribution >= 4 is 80.9 Å². The minimum atomic E-state index is -1.60. The van der Waals surface area contributed by atoms with Crippen molar-refractivity contribution in [3.05, 3.63) is 64.5 Å². The van der Waals surface area contributed by atoms with Crippen LogP contribution in [0.5, 0.6) is 5.75 Å². The predicted octanol–water partition coefficient (Wildman–Crippen LogP) is 5.45. The smallest absolute Gasteiger partial charge is 0.348 e. The van der Waals surface area contributed by atoms with Crippen LogP contribution < -0.4 is 15.4 Å².